The summed E-state index contributed by atoms with van der Waals surface area (Å²) in [5, 5.41) is 25.4. The van der Waals surface area contributed by atoms with E-state index >= 15 is 0 Å². The third kappa shape index (κ3) is 31.4. The first-order valence-electron chi connectivity index (χ1n) is 18.8. The number of carbonyl (C=O) groups excluding carboxylic acids is 2. The van der Waals surface area contributed by atoms with Crippen molar-refractivity contribution in [3.05, 3.63) is 10.1 Å². The van der Waals surface area contributed by atoms with Crippen LogP contribution < -0.4 is 21.4 Å². The van der Waals surface area contributed by atoms with Crippen LogP contribution in [-0.2, 0) is 9.53 Å². The predicted octanol–water partition coefficient (Wildman–Crippen LogP) is 8.69. The van der Waals surface area contributed by atoms with Gasteiger partial charge in [0.05, 0.1) is 6.61 Å². The molecule has 0 heterocycles. The number of amides is 2. The van der Waals surface area contributed by atoms with Crippen LogP contribution in [0.5, 0.6) is 0 Å². The van der Waals surface area contributed by atoms with Crippen LogP contribution in [0.4, 0.5) is 4.79 Å². The Labute approximate surface area is 280 Å². The van der Waals surface area contributed by atoms with Gasteiger partial charge in [-0.2, -0.15) is 0 Å². The van der Waals surface area contributed by atoms with Crippen molar-refractivity contribution in [2.75, 3.05) is 19.7 Å². The lowest BCUT2D eigenvalue weighted by molar-refractivity contribution is -0.525. The number of hydrogen-bond acceptors (Lipinski definition) is 6. The molecule has 0 aliphatic carbocycles. The Kier molecular flexibility index (Phi) is 31.9. The molecular formula is C35H70N6O5. The lowest BCUT2D eigenvalue weighted by atomic mass is 10.0. The molecule has 0 fully saturated rings. The van der Waals surface area contributed by atoms with Crippen LogP contribution in [0.25, 0.3) is 0 Å². The highest BCUT2D eigenvalue weighted by atomic mass is 16.7. The van der Waals surface area contributed by atoms with Crippen molar-refractivity contribution in [3.8, 4) is 0 Å². The molecule has 270 valence electrons. The second-order valence-electron chi connectivity index (χ2n) is 12.7. The Hall–Kier alpha value is -2.59. The molecule has 0 rings (SSSR count). The van der Waals surface area contributed by atoms with Crippen LogP contribution >= 0.6 is 0 Å². The van der Waals surface area contributed by atoms with Gasteiger partial charge in [0, 0.05) is 13.1 Å². The Bertz CT molecular complexity index is 755. The predicted molar refractivity (Wildman–Crippen MR) is 189 cm³/mol. The van der Waals surface area contributed by atoms with Crippen molar-refractivity contribution >= 4 is 18.0 Å². The average molecular weight is 655 g/mol. The van der Waals surface area contributed by atoms with Crippen molar-refractivity contribution in [2.24, 2.45) is 0 Å². The molecule has 0 bridgehead atoms. The molecule has 0 aliphatic heterocycles. The third-order valence-corrected chi connectivity index (χ3v) is 8.34. The molecule has 11 nitrogen and oxygen atoms in total. The van der Waals surface area contributed by atoms with Gasteiger partial charge in [0.2, 0.25) is 5.91 Å². The van der Waals surface area contributed by atoms with E-state index in [-0.39, 0.29) is 12.5 Å². The number of ether oxygens (including phenoxy) is 1. The van der Waals surface area contributed by atoms with E-state index in [0.29, 0.717) is 26.0 Å². The number of carbonyl (C=O) groups is 2. The van der Waals surface area contributed by atoms with Gasteiger partial charge in [0.15, 0.2) is 5.03 Å². The number of hydrogen-bond donors (Lipinski definition) is 5. The number of unbranched alkanes of at least 4 members (excludes halogenated alkanes) is 22. The summed E-state index contributed by atoms with van der Waals surface area (Å²) in [6.07, 6.45) is 29.9. The van der Waals surface area contributed by atoms with E-state index in [0.717, 1.165) is 38.5 Å². The summed E-state index contributed by atoms with van der Waals surface area (Å²) in [5.41, 5.74) is 1.74. The van der Waals surface area contributed by atoms with Gasteiger partial charge in [-0.3, -0.25) is 10.2 Å². The van der Waals surface area contributed by atoms with Gasteiger partial charge in [-0.15, -0.1) is 0 Å². The number of nitro groups is 1. The molecule has 0 saturated heterocycles. The summed E-state index contributed by atoms with van der Waals surface area (Å²) in [4.78, 5) is 35.8. The SMILES string of the molecule is CCCCCCCCCCCCCCCCOC(=O)NC(CCCNC(=N)N[N+](=O)[O-])C(=O)NCCCCCCCCCCCC. The maximum Gasteiger partial charge on any atom is 0.407 e. The van der Waals surface area contributed by atoms with E-state index in [9.17, 15) is 19.7 Å². The molecule has 11 heteroatoms. The first-order valence-corrected chi connectivity index (χ1v) is 18.8. The van der Waals surface area contributed by atoms with Gasteiger partial charge in [-0.25, -0.2) is 14.9 Å². The smallest absolute Gasteiger partial charge is 0.407 e. The topological polar surface area (TPSA) is 158 Å². The molecule has 0 radical (unpaired) electrons. The fourth-order valence-electron chi connectivity index (χ4n) is 5.51. The van der Waals surface area contributed by atoms with Gasteiger partial charge in [0.25, 0.3) is 5.96 Å². The number of rotatable bonds is 33. The van der Waals surface area contributed by atoms with Crippen LogP contribution in [0.3, 0.4) is 0 Å². The molecule has 0 aromatic heterocycles. The van der Waals surface area contributed by atoms with Gasteiger partial charge in [-0.05, 0) is 25.7 Å². The molecule has 0 spiro atoms. The summed E-state index contributed by atoms with van der Waals surface area (Å²) in [6.45, 7) is 5.61. The maximum atomic E-state index is 12.9. The lowest BCUT2D eigenvalue weighted by Crippen LogP contribution is -2.47. The van der Waals surface area contributed by atoms with Gasteiger partial charge < -0.3 is 20.7 Å². The average Bonchev–Trinajstić information content (AvgIpc) is 3.02. The van der Waals surface area contributed by atoms with Crippen molar-refractivity contribution in [1.29, 1.82) is 5.41 Å². The number of nitrogens with one attached hydrogen (secondary N) is 5. The molecule has 0 saturated carbocycles. The van der Waals surface area contributed by atoms with Gasteiger partial charge in [-0.1, -0.05) is 161 Å². The summed E-state index contributed by atoms with van der Waals surface area (Å²) in [5.74, 6) is -0.685. The summed E-state index contributed by atoms with van der Waals surface area (Å²) >= 11 is 0. The van der Waals surface area contributed by atoms with E-state index in [1.54, 1.807) is 5.43 Å². The number of hydrazine groups is 1. The van der Waals surface area contributed by atoms with E-state index in [4.69, 9.17) is 10.1 Å². The fraction of sp³-hybridized carbons (Fsp3) is 0.914. The Balaban J connectivity index is 4.18. The largest absolute Gasteiger partial charge is 0.450 e. The highest BCUT2D eigenvalue weighted by Crippen LogP contribution is 2.13. The number of nitrogens with zero attached hydrogens (tertiary/aromatic N) is 1. The van der Waals surface area contributed by atoms with Crippen LogP contribution in [0.1, 0.15) is 181 Å². The minimum atomic E-state index is -0.811. The molecular weight excluding hydrogens is 584 g/mol. The molecule has 0 aliphatic rings. The van der Waals surface area contributed by atoms with Crippen LogP contribution in [-0.4, -0.2) is 48.7 Å². The van der Waals surface area contributed by atoms with E-state index in [2.05, 4.69) is 29.8 Å². The maximum absolute atomic E-state index is 12.9. The van der Waals surface area contributed by atoms with Gasteiger partial charge >= 0.3 is 6.09 Å². The second kappa shape index (κ2) is 33.8. The van der Waals surface area contributed by atoms with E-state index in [1.807, 2.05) is 0 Å². The summed E-state index contributed by atoms with van der Waals surface area (Å²) in [7, 11) is 0. The molecule has 46 heavy (non-hydrogen) atoms. The van der Waals surface area contributed by atoms with Crippen LogP contribution in [0.15, 0.2) is 0 Å². The number of alkyl carbamates (subject to hydrolysis) is 1. The lowest BCUT2D eigenvalue weighted by Gasteiger charge is -2.18. The zero-order chi connectivity index (χ0) is 33.9. The van der Waals surface area contributed by atoms with Gasteiger partial charge in [0.1, 0.15) is 6.04 Å². The second-order valence-corrected chi connectivity index (χ2v) is 12.7. The van der Waals surface area contributed by atoms with Crippen molar-refractivity contribution in [3.63, 3.8) is 0 Å². The first kappa shape index (κ1) is 43.4. The molecule has 0 aromatic carbocycles. The molecule has 0 aromatic rings. The van der Waals surface area contributed by atoms with Crippen molar-refractivity contribution < 1.29 is 19.4 Å². The molecule has 2 amide bonds. The monoisotopic (exact) mass is 655 g/mol. The summed E-state index contributed by atoms with van der Waals surface area (Å²) < 4.78 is 5.36. The number of guanidine groups is 1. The van der Waals surface area contributed by atoms with Crippen molar-refractivity contribution in [1.82, 2.24) is 21.4 Å². The van der Waals surface area contributed by atoms with Crippen LogP contribution in [0, 0.1) is 15.5 Å². The summed E-state index contributed by atoms with van der Waals surface area (Å²) in [6, 6.07) is -0.772. The van der Waals surface area contributed by atoms with E-state index in [1.165, 1.54) is 116 Å². The third-order valence-electron chi connectivity index (χ3n) is 8.34. The quantitative estimate of drug-likeness (QED) is 0.0156. The zero-order valence-corrected chi connectivity index (χ0v) is 29.6. The van der Waals surface area contributed by atoms with E-state index < -0.39 is 23.1 Å². The molecule has 5 N–H and O–H groups in total. The Morgan fingerprint density at radius 3 is 1.50 bits per heavy atom. The Morgan fingerprint density at radius 2 is 1.04 bits per heavy atom. The minimum Gasteiger partial charge on any atom is -0.450 e. The Morgan fingerprint density at radius 1 is 0.630 bits per heavy atom. The molecule has 1 atom stereocenters. The first-order chi connectivity index (χ1) is 22.4. The highest BCUT2D eigenvalue weighted by molar-refractivity contribution is 5.85. The highest BCUT2D eigenvalue weighted by Gasteiger charge is 2.21. The standard InChI is InChI=1S/C35H70N6O5/c1-3-5-7-9-11-13-15-16-17-18-20-22-24-26-31-46-35(43)39-32(28-27-30-38-34(36)40-41(44)45)33(42)37-29-25-23-21-19-14-12-10-8-6-4-2/h32H,3-31H2,1-2H3,(H,37,42)(H,39,43)(H3,36,38,40). The normalized spacial score (nSPS) is 11.5. The zero-order valence-electron chi connectivity index (χ0n) is 29.6. The van der Waals surface area contributed by atoms with Crippen molar-refractivity contribution in [2.45, 2.75) is 187 Å². The fourth-order valence-corrected chi connectivity index (χ4v) is 5.51. The van der Waals surface area contributed by atoms with Crippen LogP contribution in [0.2, 0.25) is 0 Å². The minimum absolute atomic E-state index is 0.248. The molecule has 1 unspecified atom stereocenters.